The van der Waals surface area contributed by atoms with Crippen LogP contribution in [-0.2, 0) is 0 Å². The smallest absolute Gasteiger partial charge is 0.109 e. The summed E-state index contributed by atoms with van der Waals surface area (Å²) in [5.74, 6) is 0. The third-order valence-electron chi connectivity index (χ3n) is 1.86. The molecule has 1 aromatic carbocycles. The van der Waals surface area contributed by atoms with Crippen LogP contribution < -0.4 is 5.73 Å². The van der Waals surface area contributed by atoms with Gasteiger partial charge in [-0.25, -0.2) is 0 Å². The summed E-state index contributed by atoms with van der Waals surface area (Å²) in [5.41, 5.74) is 8.22. The number of nitrogens with two attached hydrogens (primary N) is 1. The lowest BCUT2D eigenvalue weighted by atomic mass is 10.2. The monoisotopic (exact) mass is 237 g/mol. The molecule has 3 nitrogen and oxygen atoms in total. The standard InChI is InChI=1S/C9H8BrN3/c1-5-4-6-8(11)3-2-7(10)9(6)13-12-5/h2-4H,11H2,1H3. The van der Waals surface area contributed by atoms with Crippen molar-refractivity contribution in [2.24, 2.45) is 0 Å². The number of benzene rings is 1. The molecule has 1 aromatic heterocycles. The molecule has 4 heteroatoms. The van der Waals surface area contributed by atoms with Gasteiger partial charge in [0.2, 0.25) is 0 Å². The molecule has 2 aromatic rings. The number of halogens is 1. The Bertz CT molecular complexity index is 468. The molecule has 0 atom stereocenters. The van der Waals surface area contributed by atoms with Gasteiger partial charge in [-0.2, -0.15) is 5.10 Å². The average Bonchev–Trinajstić information content (AvgIpc) is 2.12. The third-order valence-corrected chi connectivity index (χ3v) is 2.50. The van der Waals surface area contributed by atoms with E-state index in [4.69, 9.17) is 5.73 Å². The fourth-order valence-electron chi connectivity index (χ4n) is 1.22. The van der Waals surface area contributed by atoms with E-state index in [2.05, 4.69) is 26.1 Å². The number of nitrogens with zero attached hydrogens (tertiary/aromatic N) is 2. The normalized spacial score (nSPS) is 10.6. The second-order valence-electron chi connectivity index (χ2n) is 2.88. The Balaban J connectivity index is 2.92. The van der Waals surface area contributed by atoms with E-state index in [0.29, 0.717) is 0 Å². The maximum Gasteiger partial charge on any atom is 0.109 e. The summed E-state index contributed by atoms with van der Waals surface area (Å²) in [7, 11) is 0. The fourth-order valence-corrected chi connectivity index (χ4v) is 1.64. The number of fused-ring (bicyclic) bond motifs is 1. The lowest BCUT2D eigenvalue weighted by Gasteiger charge is -2.02. The van der Waals surface area contributed by atoms with Gasteiger partial charge in [0, 0.05) is 15.5 Å². The zero-order valence-electron chi connectivity index (χ0n) is 7.08. The van der Waals surface area contributed by atoms with Gasteiger partial charge in [0.1, 0.15) is 5.52 Å². The van der Waals surface area contributed by atoms with E-state index in [1.807, 2.05) is 25.1 Å². The Hall–Kier alpha value is -1.16. The summed E-state index contributed by atoms with van der Waals surface area (Å²) in [6.45, 7) is 1.90. The number of aryl methyl sites for hydroxylation is 1. The highest BCUT2D eigenvalue weighted by atomic mass is 79.9. The molecule has 2 N–H and O–H groups in total. The number of aromatic nitrogens is 2. The molecule has 2 rings (SSSR count). The molecule has 0 saturated heterocycles. The zero-order chi connectivity index (χ0) is 9.42. The molecule has 0 bridgehead atoms. The summed E-state index contributed by atoms with van der Waals surface area (Å²) < 4.78 is 0.921. The van der Waals surface area contributed by atoms with Crippen molar-refractivity contribution >= 4 is 32.5 Å². The first-order valence-corrected chi connectivity index (χ1v) is 4.66. The highest BCUT2D eigenvalue weighted by Crippen LogP contribution is 2.26. The quantitative estimate of drug-likeness (QED) is 0.716. The van der Waals surface area contributed by atoms with Crippen molar-refractivity contribution in [3.63, 3.8) is 0 Å². The molecule has 0 spiro atoms. The summed E-state index contributed by atoms with van der Waals surface area (Å²) in [6, 6.07) is 5.66. The number of nitrogen functional groups attached to an aromatic ring is 1. The van der Waals surface area contributed by atoms with Crippen molar-refractivity contribution < 1.29 is 0 Å². The van der Waals surface area contributed by atoms with Crippen LogP contribution in [0.15, 0.2) is 22.7 Å². The zero-order valence-corrected chi connectivity index (χ0v) is 8.67. The topological polar surface area (TPSA) is 51.8 Å². The van der Waals surface area contributed by atoms with E-state index in [1.165, 1.54) is 0 Å². The Morgan fingerprint density at radius 2 is 2.08 bits per heavy atom. The average molecular weight is 238 g/mol. The maximum atomic E-state index is 5.81. The van der Waals surface area contributed by atoms with E-state index in [9.17, 15) is 0 Å². The Labute approximate surface area is 84.1 Å². The third kappa shape index (κ3) is 1.37. The Kier molecular flexibility index (Phi) is 1.92. The minimum Gasteiger partial charge on any atom is -0.398 e. The van der Waals surface area contributed by atoms with Gasteiger partial charge in [0.25, 0.3) is 0 Å². The fraction of sp³-hybridized carbons (Fsp3) is 0.111. The van der Waals surface area contributed by atoms with Gasteiger partial charge in [-0.15, -0.1) is 5.10 Å². The lowest BCUT2D eigenvalue weighted by molar-refractivity contribution is 1.02. The molecular weight excluding hydrogens is 230 g/mol. The van der Waals surface area contributed by atoms with Gasteiger partial charge < -0.3 is 5.73 Å². The van der Waals surface area contributed by atoms with Gasteiger partial charge in [-0.3, -0.25) is 0 Å². The summed E-state index contributed by atoms with van der Waals surface area (Å²) in [4.78, 5) is 0. The first-order chi connectivity index (χ1) is 6.18. The van der Waals surface area contributed by atoms with Crippen molar-refractivity contribution in [2.75, 3.05) is 5.73 Å². The molecule has 66 valence electrons. The van der Waals surface area contributed by atoms with Crippen LogP contribution >= 0.6 is 15.9 Å². The largest absolute Gasteiger partial charge is 0.398 e. The number of anilines is 1. The van der Waals surface area contributed by atoms with Crippen molar-refractivity contribution in [1.29, 1.82) is 0 Å². The molecule has 0 radical (unpaired) electrons. The van der Waals surface area contributed by atoms with Gasteiger partial charge in [-0.05, 0) is 41.1 Å². The molecule has 0 aliphatic carbocycles. The molecule has 0 aliphatic heterocycles. The Morgan fingerprint density at radius 3 is 2.85 bits per heavy atom. The molecule has 0 amide bonds. The first kappa shape index (κ1) is 8.44. The van der Waals surface area contributed by atoms with Crippen LogP contribution in [0.3, 0.4) is 0 Å². The molecular formula is C9H8BrN3. The van der Waals surface area contributed by atoms with Crippen molar-refractivity contribution in [3.05, 3.63) is 28.4 Å². The second kappa shape index (κ2) is 2.96. The van der Waals surface area contributed by atoms with Crippen LogP contribution in [0.4, 0.5) is 5.69 Å². The number of hydrogen-bond acceptors (Lipinski definition) is 3. The molecule has 1 heterocycles. The highest BCUT2D eigenvalue weighted by Gasteiger charge is 2.03. The van der Waals surface area contributed by atoms with E-state index < -0.39 is 0 Å². The van der Waals surface area contributed by atoms with Gasteiger partial charge in [-0.1, -0.05) is 0 Å². The first-order valence-electron chi connectivity index (χ1n) is 3.86. The maximum absolute atomic E-state index is 5.81. The Morgan fingerprint density at radius 1 is 1.31 bits per heavy atom. The predicted octanol–water partition coefficient (Wildman–Crippen LogP) is 2.28. The highest BCUT2D eigenvalue weighted by molar-refractivity contribution is 9.10. The molecule has 0 aliphatic rings. The number of hydrogen-bond donors (Lipinski definition) is 1. The van der Waals surface area contributed by atoms with Crippen LogP contribution in [0.1, 0.15) is 5.69 Å². The van der Waals surface area contributed by atoms with Crippen LogP contribution in [0.25, 0.3) is 10.9 Å². The molecule has 0 saturated carbocycles. The van der Waals surface area contributed by atoms with Crippen LogP contribution in [0.2, 0.25) is 0 Å². The van der Waals surface area contributed by atoms with E-state index in [-0.39, 0.29) is 0 Å². The molecule has 0 fully saturated rings. The summed E-state index contributed by atoms with van der Waals surface area (Å²) in [5, 5.41) is 8.98. The van der Waals surface area contributed by atoms with Gasteiger partial charge >= 0.3 is 0 Å². The molecule has 13 heavy (non-hydrogen) atoms. The van der Waals surface area contributed by atoms with Crippen LogP contribution in [-0.4, -0.2) is 10.2 Å². The summed E-state index contributed by atoms with van der Waals surface area (Å²) >= 11 is 3.40. The summed E-state index contributed by atoms with van der Waals surface area (Å²) in [6.07, 6.45) is 0. The van der Waals surface area contributed by atoms with Crippen LogP contribution in [0, 0.1) is 6.92 Å². The minimum absolute atomic E-state index is 0.733. The van der Waals surface area contributed by atoms with Crippen molar-refractivity contribution in [3.8, 4) is 0 Å². The minimum atomic E-state index is 0.733. The second-order valence-corrected chi connectivity index (χ2v) is 3.74. The van der Waals surface area contributed by atoms with Gasteiger partial charge in [0.05, 0.1) is 5.69 Å². The lowest BCUT2D eigenvalue weighted by Crippen LogP contribution is -1.93. The van der Waals surface area contributed by atoms with Crippen molar-refractivity contribution in [1.82, 2.24) is 10.2 Å². The molecule has 0 unspecified atom stereocenters. The van der Waals surface area contributed by atoms with E-state index in [0.717, 1.165) is 26.8 Å². The van der Waals surface area contributed by atoms with Crippen LogP contribution in [0.5, 0.6) is 0 Å². The SMILES string of the molecule is Cc1cc2c(N)ccc(Br)c2nn1. The predicted molar refractivity (Wildman–Crippen MR) is 56.4 cm³/mol. The van der Waals surface area contributed by atoms with Crippen molar-refractivity contribution in [2.45, 2.75) is 6.92 Å². The van der Waals surface area contributed by atoms with Gasteiger partial charge in [0.15, 0.2) is 0 Å². The number of rotatable bonds is 0. The van der Waals surface area contributed by atoms with E-state index >= 15 is 0 Å². The van der Waals surface area contributed by atoms with E-state index in [1.54, 1.807) is 0 Å².